The van der Waals surface area contributed by atoms with Crippen LogP contribution in [0.4, 0.5) is 0 Å². The van der Waals surface area contributed by atoms with Gasteiger partial charge in [0, 0.05) is 18.4 Å². The molecule has 2 atom stereocenters. The van der Waals surface area contributed by atoms with Gasteiger partial charge < -0.3 is 10.1 Å². The van der Waals surface area contributed by atoms with E-state index >= 15 is 0 Å². The lowest BCUT2D eigenvalue weighted by Gasteiger charge is -2.41. The van der Waals surface area contributed by atoms with E-state index in [-0.39, 0.29) is 5.60 Å². The van der Waals surface area contributed by atoms with Crippen molar-refractivity contribution in [1.29, 1.82) is 0 Å². The van der Waals surface area contributed by atoms with Gasteiger partial charge in [-0.1, -0.05) is 26.7 Å². The van der Waals surface area contributed by atoms with Gasteiger partial charge in [0.2, 0.25) is 0 Å². The molecule has 18 heavy (non-hydrogen) atoms. The molecule has 2 fully saturated rings. The van der Waals surface area contributed by atoms with E-state index in [4.69, 9.17) is 4.74 Å². The highest BCUT2D eigenvalue weighted by atomic mass is 32.2. The van der Waals surface area contributed by atoms with Gasteiger partial charge in [-0.3, -0.25) is 0 Å². The summed E-state index contributed by atoms with van der Waals surface area (Å²) in [6, 6.07) is 0.696. The Kier molecular flexibility index (Phi) is 5.84. The largest absolute Gasteiger partial charge is 0.375 e. The summed E-state index contributed by atoms with van der Waals surface area (Å²) in [6.45, 7) is 6.58. The van der Waals surface area contributed by atoms with Crippen molar-refractivity contribution in [2.45, 2.75) is 64.0 Å². The maximum Gasteiger partial charge on any atom is 0.0685 e. The molecule has 1 saturated heterocycles. The smallest absolute Gasteiger partial charge is 0.0685 e. The average Bonchev–Trinajstić information content (AvgIpc) is 2.82. The molecule has 0 bridgehead atoms. The minimum Gasteiger partial charge on any atom is -0.375 e. The summed E-state index contributed by atoms with van der Waals surface area (Å²) in [5.41, 5.74) is 0.271. The second-order valence-corrected chi connectivity index (χ2v) is 7.13. The molecule has 2 unspecified atom stereocenters. The number of ether oxygens (including phenoxy) is 1. The van der Waals surface area contributed by atoms with Crippen LogP contribution < -0.4 is 5.32 Å². The van der Waals surface area contributed by atoms with Crippen molar-refractivity contribution in [2.75, 3.05) is 24.7 Å². The SMILES string of the molecule is CCNC(CSCC)C1CCOC2(CCCC2)C1. The molecular formula is C15H29NOS. The Hall–Kier alpha value is 0.270. The van der Waals surface area contributed by atoms with Crippen LogP contribution in [-0.4, -0.2) is 36.3 Å². The fraction of sp³-hybridized carbons (Fsp3) is 1.00. The molecule has 0 aromatic heterocycles. The van der Waals surface area contributed by atoms with Crippen LogP contribution in [0.25, 0.3) is 0 Å². The van der Waals surface area contributed by atoms with Gasteiger partial charge in [-0.2, -0.15) is 11.8 Å². The number of nitrogens with one attached hydrogen (secondary N) is 1. The van der Waals surface area contributed by atoms with Crippen molar-refractivity contribution in [2.24, 2.45) is 5.92 Å². The van der Waals surface area contributed by atoms with Crippen LogP contribution >= 0.6 is 11.8 Å². The van der Waals surface area contributed by atoms with Gasteiger partial charge in [0.05, 0.1) is 5.60 Å². The van der Waals surface area contributed by atoms with E-state index in [0.29, 0.717) is 6.04 Å². The monoisotopic (exact) mass is 271 g/mol. The maximum atomic E-state index is 6.15. The molecule has 1 aliphatic heterocycles. The highest BCUT2D eigenvalue weighted by Crippen LogP contribution is 2.43. The van der Waals surface area contributed by atoms with Gasteiger partial charge in [0.1, 0.15) is 0 Å². The Morgan fingerprint density at radius 2 is 2.11 bits per heavy atom. The molecule has 1 N–H and O–H groups in total. The second-order valence-electron chi connectivity index (χ2n) is 5.82. The van der Waals surface area contributed by atoms with E-state index in [1.165, 1.54) is 50.0 Å². The molecule has 0 aromatic carbocycles. The third-order valence-electron chi connectivity index (χ3n) is 4.58. The molecule has 1 heterocycles. The number of hydrogen-bond acceptors (Lipinski definition) is 3. The highest BCUT2D eigenvalue weighted by Gasteiger charge is 2.41. The van der Waals surface area contributed by atoms with E-state index in [0.717, 1.165) is 19.1 Å². The predicted octanol–water partition coefficient (Wildman–Crippen LogP) is 3.46. The van der Waals surface area contributed by atoms with Crippen LogP contribution in [0.15, 0.2) is 0 Å². The van der Waals surface area contributed by atoms with Gasteiger partial charge in [-0.05, 0) is 43.9 Å². The lowest BCUT2D eigenvalue weighted by atomic mass is 9.81. The van der Waals surface area contributed by atoms with E-state index < -0.39 is 0 Å². The molecule has 0 aromatic rings. The second kappa shape index (κ2) is 7.16. The molecule has 2 aliphatic rings. The van der Waals surface area contributed by atoms with Crippen molar-refractivity contribution < 1.29 is 4.74 Å². The third kappa shape index (κ3) is 3.64. The minimum atomic E-state index is 0.271. The van der Waals surface area contributed by atoms with Gasteiger partial charge in [0.15, 0.2) is 0 Å². The Morgan fingerprint density at radius 3 is 2.78 bits per heavy atom. The van der Waals surface area contributed by atoms with Gasteiger partial charge in [0.25, 0.3) is 0 Å². The number of rotatable bonds is 6. The summed E-state index contributed by atoms with van der Waals surface area (Å²) in [6.07, 6.45) is 7.93. The van der Waals surface area contributed by atoms with Crippen LogP contribution in [0, 0.1) is 5.92 Å². The fourth-order valence-electron chi connectivity index (χ4n) is 3.65. The van der Waals surface area contributed by atoms with Crippen molar-refractivity contribution >= 4 is 11.8 Å². The first-order chi connectivity index (χ1) is 8.79. The molecule has 1 aliphatic carbocycles. The molecule has 106 valence electrons. The summed E-state index contributed by atoms with van der Waals surface area (Å²) in [5.74, 6) is 3.33. The topological polar surface area (TPSA) is 21.3 Å². The summed E-state index contributed by atoms with van der Waals surface area (Å²) in [4.78, 5) is 0. The van der Waals surface area contributed by atoms with Crippen LogP contribution in [0.5, 0.6) is 0 Å². The predicted molar refractivity (Wildman–Crippen MR) is 80.3 cm³/mol. The Labute approximate surface area is 117 Å². The molecule has 0 amide bonds. The van der Waals surface area contributed by atoms with Crippen molar-refractivity contribution in [3.8, 4) is 0 Å². The van der Waals surface area contributed by atoms with Gasteiger partial charge >= 0.3 is 0 Å². The number of thioether (sulfide) groups is 1. The van der Waals surface area contributed by atoms with E-state index in [1.807, 2.05) is 0 Å². The Bertz CT molecular complexity index is 241. The lowest BCUT2D eigenvalue weighted by molar-refractivity contribution is -0.0966. The Morgan fingerprint density at radius 1 is 1.33 bits per heavy atom. The van der Waals surface area contributed by atoms with Crippen LogP contribution in [-0.2, 0) is 4.74 Å². The minimum absolute atomic E-state index is 0.271. The zero-order valence-electron chi connectivity index (χ0n) is 12.0. The molecule has 2 nitrogen and oxygen atoms in total. The zero-order valence-corrected chi connectivity index (χ0v) is 12.9. The average molecular weight is 271 g/mol. The molecule has 1 saturated carbocycles. The summed E-state index contributed by atoms with van der Waals surface area (Å²) in [5, 5.41) is 3.72. The maximum absolute atomic E-state index is 6.15. The fourth-order valence-corrected chi connectivity index (χ4v) is 4.53. The van der Waals surface area contributed by atoms with Crippen molar-refractivity contribution in [1.82, 2.24) is 5.32 Å². The highest BCUT2D eigenvalue weighted by molar-refractivity contribution is 7.99. The summed E-state index contributed by atoms with van der Waals surface area (Å²) < 4.78 is 6.15. The van der Waals surface area contributed by atoms with Gasteiger partial charge in [-0.25, -0.2) is 0 Å². The quantitative estimate of drug-likeness (QED) is 0.799. The van der Waals surface area contributed by atoms with Crippen LogP contribution in [0.3, 0.4) is 0 Å². The molecular weight excluding hydrogens is 242 g/mol. The first-order valence-corrected chi connectivity index (χ1v) is 8.90. The molecule has 0 radical (unpaired) electrons. The first-order valence-electron chi connectivity index (χ1n) is 7.75. The van der Waals surface area contributed by atoms with Gasteiger partial charge in [-0.15, -0.1) is 0 Å². The van der Waals surface area contributed by atoms with E-state index in [1.54, 1.807) is 0 Å². The van der Waals surface area contributed by atoms with Crippen LogP contribution in [0.1, 0.15) is 52.4 Å². The molecule has 1 spiro atoms. The molecule has 3 heteroatoms. The summed E-state index contributed by atoms with van der Waals surface area (Å²) >= 11 is 2.08. The lowest BCUT2D eigenvalue weighted by Crippen LogP contribution is -2.46. The van der Waals surface area contributed by atoms with E-state index in [9.17, 15) is 0 Å². The molecule has 2 rings (SSSR count). The van der Waals surface area contributed by atoms with E-state index in [2.05, 4.69) is 30.9 Å². The number of hydrogen-bond donors (Lipinski definition) is 1. The standard InChI is InChI=1S/C15H29NOS/c1-3-16-14(12-18-4-2)13-7-10-17-15(11-13)8-5-6-9-15/h13-14,16H,3-12H2,1-2H3. The van der Waals surface area contributed by atoms with Crippen molar-refractivity contribution in [3.05, 3.63) is 0 Å². The Balaban J connectivity index is 1.91. The van der Waals surface area contributed by atoms with Crippen molar-refractivity contribution in [3.63, 3.8) is 0 Å². The zero-order chi connectivity index (χ0) is 12.8. The third-order valence-corrected chi connectivity index (χ3v) is 5.59. The first kappa shape index (κ1) is 14.7. The van der Waals surface area contributed by atoms with Crippen LogP contribution in [0.2, 0.25) is 0 Å². The summed E-state index contributed by atoms with van der Waals surface area (Å²) in [7, 11) is 0. The normalized spacial score (nSPS) is 28.7.